The SMILES string of the molecule is CCNC(CN(C)C1CCC1)c1ccccc1C. The van der Waals surface area contributed by atoms with Gasteiger partial charge in [0.2, 0.25) is 0 Å². The molecule has 1 aliphatic carbocycles. The van der Waals surface area contributed by atoms with Crippen LogP contribution in [0.4, 0.5) is 0 Å². The Balaban J connectivity index is 2.05. The molecule has 1 aromatic carbocycles. The van der Waals surface area contributed by atoms with Gasteiger partial charge in [-0.25, -0.2) is 0 Å². The molecule has 2 heteroatoms. The van der Waals surface area contributed by atoms with E-state index >= 15 is 0 Å². The Labute approximate surface area is 111 Å². The van der Waals surface area contributed by atoms with E-state index in [4.69, 9.17) is 0 Å². The second kappa shape index (κ2) is 6.35. The standard InChI is InChI=1S/C16H26N2/c1-4-17-16(12-18(3)14-9-7-10-14)15-11-6-5-8-13(15)2/h5-6,8,11,14,16-17H,4,7,9-10,12H2,1-3H3. The molecule has 0 bridgehead atoms. The molecule has 0 aromatic heterocycles. The zero-order valence-electron chi connectivity index (χ0n) is 11.9. The number of likely N-dealkylation sites (N-methyl/N-ethyl adjacent to an activating group) is 2. The maximum Gasteiger partial charge on any atom is 0.0451 e. The summed E-state index contributed by atoms with van der Waals surface area (Å²) in [6.45, 7) is 6.54. The second-order valence-electron chi connectivity index (χ2n) is 5.49. The Hall–Kier alpha value is -0.860. The maximum absolute atomic E-state index is 3.63. The predicted octanol–water partition coefficient (Wildman–Crippen LogP) is 3.13. The number of hydrogen-bond donors (Lipinski definition) is 1. The first-order valence-electron chi connectivity index (χ1n) is 7.21. The largest absolute Gasteiger partial charge is 0.309 e. The van der Waals surface area contributed by atoms with Crippen molar-refractivity contribution in [3.63, 3.8) is 0 Å². The van der Waals surface area contributed by atoms with Crippen molar-refractivity contribution in [3.05, 3.63) is 35.4 Å². The predicted molar refractivity (Wildman–Crippen MR) is 77.9 cm³/mol. The lowest BCUT2D eigenvalue weighted by Crippen LogP contribution is -2.42. The van der Waals surface area contributed by atoms with Crippen molar-refractivity contribution in [1.82, 2.24) is 10.2 Å². The van der Waals surface area contributed by atoms with Crippen LogP contribution in [-0.2, 0) is 0 Å². The van der Waals surface area contributed by atoms with Gasteiger partial charge in [-0.05, 0) is 44.5 Å². The molecule has 18 heavy (non-hydrogen) atoms. The van der Waals surface area contributed by atoms with Crippen molar-refractivity contribution < 1.29 is 0 Å². The zero-order valence-corrected chi connectivity index (χ0v) is 11.9. The van der Waals surface area contributed by atoms with Crippen LogP contribution in [0.2, 0.25) is 0 Å². The Bertz CT molecular complexity index is 371. The average Bonchev–Trinajstić information content (AvgIpc) is 2.26. The van der Waals surface area contributed by atoms with E-state index in [0.717, 1.165) is 19.1 Å². The molecule has 0 radical (unpaired) electrons. The Morgan fingerprint density at radius 1 is 1.33 bits per heavy atom. The summed E-state index contributed by atoms with van der Waals surface area (Å²) in [4.78, 5) is 2.53. The summed E-state index contributed by atoms with van der Waals surface area (Å²) in [5, 5.41) is 3.63. The molecule has 0 saturated heterocycles. The highest BCUT2D eigenvalue weighted by atomic mass is 15.2. The molecule has 0 heterocycles. The molecule has 1 aromatic rings. The van der Waals surface area contributed by atoms with E-state index in [9.17, 15) is 0 Å². The third-order valence-electron chi connectivity index (χ3n) is 4.18. The lowest BCUT2D eigenvalue weighted by Gasteiger charge is -2.37. The lowest BCUT2D eigenvalue weighted by molar-refractivity contribution is 0.145. The summed E-state index contributed by atoms with van der Waals surface area (Å²) < 4.78 is 0. The van der Waals surface area contributed by atoms with Crippen LogP contribution < -0.4 is 5.32 Å². The quantitative estimate of drug-likeness (QED) is 0.829. The summed E-state index contributed by atoms with van der Waals surface area (Å²) >= 11 is 0. The molecule has 1 aliphatic rings. The van der Waals surface area contributed by atoms with E-state index in [1.807, 2.05) is 0 Å². The molecule has 2 rings (SSSR count). The van der Waals surface area contributed by atoms with Gasteiger partial charge in [-0.1, -0.05) is 37.6 Å². The van der Waals surface area contributed by atoms with Crippen LogP contribution in [0.3, 0.4) is 0 Å². The van der Waals surface area contributed by atoms with Gasteiger partial charge in [0.1, 0.15) is 0 Å². The Morgan fingerprint density at radius 2 is 2.06 bits per heavy atom. The van der Waals surface area contributed by atoms with E-state index < -0.39 is 0 Å². The molecular formula is C16H26N2. The molecule has 0 amide bonds. The van der Waals surface area contributed by atoms with Gasteiger partial charge in [0.15, 0.2) is 0 Å². The summed E-state index contributed by atoms with van der Waals surface area (Å²) in [5.74, 6) is 0. The van der Waals surface area contributed by atoms with Gasteiger partial charge in [0, 0.05) is 18.6 Å². The molecule has 100 valence electrons. The van der Waals surface area contributed by atoms with Crippen LogP contribution >= 0.6 is 0 Å². The number of hydrogen-bond acceptors (Lipinski definition) is 2. The van der Waals surface area contributed by atoms with Crippen molar-refractivity contribution in [2.45, 2.75) is 45.2 Å². The van der Waals surface area contributed by atoms with Crippen LogP contribution in [0.1, 0.15) is 43.4 Å². The molecule has 1 unspecified atom stereocenters. The number of nitrogens with one attached hydrogen (secondary N) is 1. The molecule has 1 fully saturated rings. The monoisotopic (exact) mass is 246 g/mol. The fraction of sp³-hybridized carbons (Fsp3) is 0.625. The van der Waals surface area contributed by atoms with Gasteiger partial charge >= 0.3 is 0 Å². The molecular weight excluding hydrogens is 220 g/mol. The zero-order chi connectivity index (χ0) is 13.0. The lowest BCUT2D eigenvalue weighted by atomic mass is 9.91. The number of benzene rings is 1. The Morgan fingerprint density at radius 3 is 2.61 bits per heavy atom. The number of aryl methyl sites for hydroxylation is 1. The van der Waals surface area contributed by atoms with E-state index in [0.29, 0.717) is 6.04 Å². The maximum atomic E-state index is 3.63. The molecule has 1 N–H and O–H groups in total. The van der Waals surface area contributed by atoms with Gasteiger partial charge in [-0.15, -0.1) is 0 Å². The van der Waals surface area contributed by atoms with Crippen molar-refractivity contribution in [3.8, 4) is 0 Å². The highest BCUT2D eigenvalue weighted by Gasteiger charge is 2.24. The van der Waals surface area contributed by atoms with Gasteiger partial charge < -0.3 is 10.2 Å². The molecule has 0 spiro atoms. The first-order chi connectivity index (χ1) is 8.72. The van der Waals surface area contributed by atoms with Crippen molar-refractivity contribution in [2.75, 3.05) is 20.1 Å². The third-order valence-corrected chi connectivity index (χ3v) is 4.18. The highest BCUT2D eigenvalue weighted by molar-refractivity contribution is 5.29. The van der Waals surface area contributed by atoms with Crippen LogP contribution in [-0.4, -0.2) is 31.1 Å². The number of rotatable bonds is 6. The molecule has 1 atom stereocenters. The average molecular weight is 246 g/mol. The fourth-order valence-corrected chi connectivity index (χ4v) is 2.76. The minimum atomic E-state index is 0.460. The smallest absolute Gasteiger partial charge is 0.0451 e. The first kappa shape index (κ1) is 13.6. The van der Waals surface area contributed by atoms with E-state index in [1.54, 1.807) is 0 Å². The Kier molecular flexibility index (Phi) is 4.79. The topological polar surface area (TPSA) is 15.3 Å². The van der Waals surface area contributed by atoms with Crippen LogP contribution in [0, 0.1) is 6.92 Å². The van der Waals surface area contributed by atoms with E-state index in [1.165, 1.54) is 30.4 Å². The van der Waals surface area contributed by atoms with Gasteiger partial charge in [0.05, 0.1) is 0 Å². The van der Waals surface area contributed by atoms with Crippen molar-refractivity contribution >= 4 is 0 Å². The summed E-state index contributed by atoms with van der Waals surface area (Å²) in [6, 6.07) is 10.0. The second-order valence-corrected chi connectivity index (χ2v) is 5.49. The summed E-state index contributed by atoms with van der Waals surface area (Å²) in [6.07, 6.45) is 4.16. The minimum Gasteiger partial charge on any atom is -0.309 e. The van der Waals surface area contributed by atoms with Crippen LogP contribution in [0.25, 0.3) is 0 Å². The first-order valence-corrected chi connectivity index (χ1v) is 7.21. The van der Waals surface area contributed by atoms with Crippen LogP contribution in [0.15, 0.2) is 24.3 Å². The highest BCUT2D eigenvalue weighted by Crippen LogP contribution is 2.26. The fourth-order valence-electron chi connectivity index (χ4n) is 2.76. The normalized spacial score (nSPS) is 17.8. The van der Waals surface area contributed by atoms with E-state index in [-0.39, 0.29) is 0 Å². The minimum absolute atomic E-state index is 0.460. The van der Waals surface area contributed by atoms with Crippen molar-refractivity contribution in [2.24, 2.45) is 0 Å². The molecule has 1 saturated carbocycles. The third kappa shape index (κ3) is 3.12. The van der Waals surface area contributed by atoms with Gasteiger partial charge in [-0.3, -0.25) is 0 Å². The molecule has 2 nitrogen and oxygen atoms in total. The van der Waals surface area contributed by atoms with Crippen LogP contribution in [0.5, 0.6) is 0 Å². The van der Waals surface area contributed by atoms with Gasteiger partial charge in [-0.2, -0.15) is 0 Å². The van der Waals surface area contributed by atoms with Gasteiger partial charge in [0.25, 0.3) is 0 Å². The van der Waals surface area contributed by atoms with Crippen molar-refractivity contribution in [1.29, 1.82) is 0 Å². The summed E-state index contributed by atoms with van der Waals surface area (Å²) in [7, 11) is 2.27. The summed E-state index contributed by atoms with van der Waals surface area (Å²) in [5.41, 5.74) is 2.84. The number of nitrogens with zero attached hydrogens (tertiary/aromatic N) is 1. The molecule has 0 aliphatic heterocycles. The van der Waals surface area contributed by atoms with E-state index in [2.05, 4.69) is 55.4 Å².